The minimum atomic E-state index is 0.847. The fourth-order valence-corrected chi connectivity index (χ4v) is 2.84. The Labute approximate surface area is 114 Å². The van der Waals surface area contributed by atoms with Crippen LogP contribution in [-0.2, 0) is 13.0 Å². The molecule has 1 aromatic carbocycles. The average Bonchev–Trinajstić information content (AvgIpc) is 2.73. The number of nitrogens with zero attached hydrogens (tertiary/aromatic N) is 1. The Kier molecular flexibility index (Phi) is 4.18. The third-order valence-corrected chi connectivity index (χ3v) is 3.98. The van der Waals surface area contributed by atoms with Gasteiger partial charge in [-0.25, -0.2) is 4.98 Å². The highest BCUT2D eigenvalue weighted by Gasteiger charge is 2.03. The number of aryl methyl sites for hydroxylation is 2. The van der Waals surface area contributed by atoms with Gasteiger partial charge in [0.1, 0.15) is 0 Å². The molecule has 0 aliphatic rings. The number of aromatic nitrogens is 1. The summed E-state index contributed by atoms with van der Waals surface area (Å²) in [7, 11) is 0. The molecule has 0 saturated carbocycles. The third-order valence-electron chi connectivity index (χ3n) is 2.57. The highest BCUT2D eigenvalue weighted by atomic mass is 79.9. The lowest BCUT2D eigenvalue weighted by Gasteiger charge is -2.10. The van der Waals surface area contributed by atoms with Gasteiger partial charge in [-0.15, -0.1) is 11.3 Å². The van der Waals surface area contributed by atoms with Crippen molar-refractivity contribution in [3.05, 3.63) is 44.3 Å². The van der Waals surface area contributed by atoms with Crippen LogP contribution in [0.5, 0.6) is 0 Å². The molecule has 90 valence electrons. The summed E-state index contributed by atoms with van der Waals surface area (Å²) in [5.41, 5.74) is 2.54. The molecule has 1 aromatic heterocycles. The largest absolute Gasteiger partial charge is 0.380 e. The Morgan fingerprint density at radius 3 is 2.88 bits per heavy atom. The molecule has 2 aromatic rings. The minimum absolute atomic E-state index is 0.847. The van der Waals surface area contributed by atoms with Crippen molar-refractivity contribution in [1.82, 2.24) is 4.98 Å². The number of benzene rings is 1. The molecule has 1 N–H and O–H groups in total. The first kappa shape index (κ1) is 12.6. The van der Waals surface area contributed by atoms with Crippen LogP contribution in [0.25, 0.3) is 0 Å². The summed E-state index contributed by atoms with van der Waals surface area (Å²) in [5, 5.41) is 4.59. The molecular weight excluding hydrogens is 296 g/mol. The third kappa shape index (κ3) is 3.30. The highest BCUT2D eigenvalue weighted by Crippen LogP contribution is 2.22. The molecule has 0 bridgehead atoms. The fourth-order valence-electron chi connectivity index (χ4n) is 1.70. The molecule has 4 heteroatoms. The Hall–Kier alpha value is -0.870. The van der Waals surface area contributed by atoms with Gasteiger partial charge in [0.15, 0.2) is 0 Å². The molecule has 0 atom stereocenters. The van der Waals surface area contributed by atoms with Crippen LogP contribution in [0, 0.1) is 6.92 Å². The number of hydrogen-bond donors (Lipinski definition) is 1. The molecule has 0 aliphatic carbocycles. The van der Waals surface area contributed by atoms with Gasteiger partial charge in [0.2, 0.25) is 0 Å². The average molecular weight is 311 g/mol. The summed E-state index contributed by atoms with van der Waals surface area (Å²) < 4.78 is 1.13. The second kappa shape index (κ2) is 5.65. The number of anilines is 1. The van der Waals surface area contributed by atoms with Gasteiger partial charge in [0.05, 0.1) is 11.6 Å². The summed E-state index contributed by atoms with van der Waals surface area (Å²) in [6.07, 6.45) is 2.97. The van der Waals surface area contributed by atoms with E-state index < -0.39 is 0 Å². The number of hydrogen-bond acceptors (Lipinski definition) is 3. The van der Waals surface area contributed by atoms with Crippen molar-refractivity contribution in [1.29, 1.82) is 0 Å². The second-order valence-electron chi connectivity index (χ2n) is 3.85. The van der Waals surface area contributed by atoms with E-state index in [1.165, 1.54) is 16.1 Å². The SMILES string of the molecule is CCc1cc(Br)ccc1NCc1cnc(C)s1. The molecule has 0 radical (unpaired) electrons. The van der Waals surface area contributed by atoms with E-state index in [-0.39, 0.29) is 0 Å². The van der Waals surface area contributed by atoms with Crippen molar-refractivity contribution >= 4 is 33.0 Å². The maximum Gasteiger partial charge on any atom is 0.0897 e. The van der Waals surface area contributed by atoms with Gasteiger partial charge in [-0.3, -0.25) is 0 Å². The Bertz CT molecular complexity index is 508. The van der Waals surface area contributed by atoms with E-state index in [0.29, 0.717) is 0 Å². The smallest absolute Gasteiger partial charge is 0.0897 e. The maximum absolute atomic E-state index is 4.26. The lowest BCUT2D eigenvalue weighted by atomic mass is 10.1. The van der Waals surface area contributed by atoms with Gasteiger partial charge in [-0.1, -0.05) is 22.9 Å². The van der Waals surface area contributed by atoms with Crippen LogP contribution >= 0.6 is 27.3 Å². The molecular formula is C13H15BrN2S. The van der Waals surface area contributed by atoms with Crippen LogP contribution in [0.2, 0.25) is 0 Å². The molecule has 0 saturated heterocycles. The van der Waals surface area contributed by atoms with Gasteiger partial charge in [0.25, 0.3) is 0 Å². The molecule has 1 heterocycles. The summed E-state index contributed by atoms with van der Waals surface area (Å²) in [6.45, 7) is 5.05. The van der Waals surface area contributed by atoms with Gasteiger partial charge in [0, 0.05) is 21.2 Å². The molecule has 0 aliphatic heterocycles. The van der Waals surface area contributed by atoms with Crippen molar-refractivity contribution in [3.63, 3.8) is 0 Å². The predicted molar refractivity (Wildman–Crippen MR) is 77.7 cm³/mol. The molecule has 17 heavy (non-hydrogen) atoms. The van der Waals surface area contributed by atoms with E-state index >= 15 is 0 Å². The van der Waals surface area contributed by atoms with Crippen molar-refractivity contribution < 1.29 is 0 Å². The molecule has 2 rings (SSSR count). The molecule has 0 unspecified atom stereocenters. The second-order valence-corrected chi connectivity index (χ2v) is 6.09. The molecule has 0 fully saturated rings. The van der Waals surface area contributed by atoms with Crippen LogP contribution in [0.4, 0.5) is 5.69 Å². The van der Waals surface area contributed by atoms with Gasteiger partial charge < -0.3 is 5.32 Å². The molecule has 2 nitrogen and oxygen atoms in total. The first-order valence-corrected chi connectivity index (χ1v) is 7.23. The topological polar surface area (TPSA) is 24.9 Å². The van der Waals surface area contributed by atoms with E-state index in [2.05, 4.69) is 51.4 Å². The van der Waals surface area contributed by atoms with Crippen LogP contribution in [0.1, 0.15) is 22.4 Å². The Morgan fingerprint density at radius 2 is 2.24 bits per heavy atom. The number of halogens is 1. The summed E-state index contributed by atoms with van der Waals surface area (Å²) in [5.74, 6) is 0. The Balaban J connectivity index is 2.08. The van der Waals surface area contributed by atoms with Crippen molar-refractivity contribution in [2.24, 2.45) is 0 Å². The summed E-state index contributed by atoms with van der Waals surface area (Å²) in [4.78, 5) is 5.53. The van der Waals surface area contributed by atoms with Crippen molar-refractivity contribution in [2.45, 2.75) is 26.8 Å². The van der Waals surface area contributed by atoms with E-state index in [4.69, 9.17) is 0 Å². The summed E-state index contributed by atoms with van der Waals surface area (Å²) in [6, 6.07) is 6.36. The van der Waals surface area contributed by atoms with Crippen LogP contribution in [0.3, 0.4) is 0 Å². The lowest BCUT2D eigenvalue weighted by molar-refractivity contribution is 1.10. The van der Waals surface area contributed by atoms with Crippen LogP contribution in [0.15, 0.2) is 28.9 Å². The standard InChI is InChI=1S/C13H15BrN2S/c1-3-10-6-11(14)4-5-13(10)16-8-12-7-15-9(2)17-12/h4-7,16H,3,8H2,1-2H3. The monoisotopic (exact) mass is 310 g/mol. The first-order valence-electron chi connectivity index (χ1n) is 5.62. The maximum atomic E-state index is 4.26. The zero-order valence-corrected chi connectivity index (χ0v) is 12.4. The van der Waals surface area contributed by atoms with Crippen LogP contribution < -0.4 is 5.32 Å². The van der Waals surface area contributed by atoms with E-state index in [0.717, 1.165) is 22.4 Å². The number of nitrogens with one attached hydrogen (secondary N) is 1. The fraction of sp³-hybridized carbons (Fsp3) is 0.308. The van der Waals surface area contributed by atoms with Crippen molar-refractivity contribution in [2.75, 3.05) is 5.32 Å². The molecule has 0 amide bonds. The zero-order valence-electron chi connectivity index (χ0n) is 9.96. The zero-order chi connectivity index (χ0) is 12.3. The predicted octanol–water partition coefficient (Wildman–Crippen LogP) is 4.39. The number of thiazole rings is 1. The van der Waals surface area contributed by atoms with Gasteiger partial charge >= 0.3 is 0 Å². The quantitative estimate of drug-likeness (QED) is 0.906. The first-order chi connectivity index (χ1) is 8.19. The van der Waals surface area contributed by atoms with E-state index in [1.54, 1.807) is 11.3 Å². The van der Waals surface area contributed by atoms with E-state index in [9.17, 15) is 0 Å². The van der Waals surface area contributed by atoms with Gasteiger partial charge in [-0.2, -0.15) is 0 Å². The van der Waals surface area contributed by atoms with Crippen LogP contribution in [-0.4, -0.2) is 4.98 Å². The molecule has 0 spiro atoms. The lowest BCUT2D eigenvalue weighted by Crippen LogP contribution is -2.00. The normalized spacial score (nSPS) is 10.5. The number of rotatable bonds is 4. The minimum Gasteiger partial charge on any atom is -0.380 e. The highest BCUT2D eigenvalue weighted by molar-refractivity contribution is 9.10. The Morgan fingerprint density at radius 1 is 1.41 bits per heavy atom. The summed E-state index contributed by atoms with van der Waals surface area (Å²) >= 11 is 5.24. The van der Waals surface area contributed by atoms with Crippen molar-refractivity contribution in [3.8, 4) is 0 Å². The van der Waals surface area contributed by atoms with Gasteiger partial charge in [-0.05, 0) is 37.1 Å². The van der Waals surface area contributed by atoms with E-state index in [1.807, 2.05) is 13.1 Å².